The average Bonchev–Trinajstić information content (AvgIpc) is 2.21. The van der Waals surface area contributed by atoms with E-state index in [4.69, 9.17) is 0 Å². The smallest absolute Gasteiger partial charge is 0.0780 e. The summed E-state index contributed by atoms with van der Waals surface area (Å²) < 4.78 is 0. The first-order chi connectivity index (χ1) is 7.11. The molecule has 0 aromatic carbocycles. The van der Waals surface area contributed by atoms with Crippen LogP contribution in [0.2, 0.25) is 0 Å². The Morgan fingerprint density at radius 2 is 2.07 bits per heavy atom. The molecule has 90 valence electrons. The number of nitrogens with one attached hydrogen (secondary N) is 1. The summed E-state index contributed by atoms with van der Waals surface area (Å²) in [6.45, 7) is 8.05. The highest BCUT2D eigenvalue weighted by molar-refractivity contribution is 4.54. The molecule has 15 heavy (non-hydrogen) atoms. The molecule has 0 fully saturated rings. The van der Waals surface area contributed by atoms with Crippen molar-refractivity contribution >= 4 is 0 Å². The van der Waals surface area contributed by atoms with Crippen LogP contribution in [0.3, 0.4) is 0 Å². The van der Waals surface area contributed by atoms with Gasteiger partial charge in [-0.05, 0) is 24.7 Å². The molecule has 0 aromatic rings. The zero-order valence-corrected chi connectivity index (χ0v) is 9.77. The Bertz CT molecular complexity index is 185. The Labute approximate surface area is 91.1 Å². The van der Waals surface area contributed by atoms with Crippen LogP contribution in [-0.2, 0) is 0 Å². The van der Waals surface area contributed by atoms with Gasteiger partial charge in [0, 0.05) is 11.0 Å². The highest BCUT2D eigenvalue weighted by Gasteiger charge is 2.08. The van der Waals surface area contributed by atoms with E-state index in [0.29, 0.717) is 19.1 Å². The summed E-state index contributed by atoms with van der Waals surface area (Å²) >= 11 is 0. The molecule has 6 nitrogen and oxygen atoms in total. The Morgan fingerprint density at radius 3 is 2.53 bits per heavy atom. The predicted octanol–water partition coefficient (Wildman–Crippen LogP) is 1.46. The summed E-state index contributed by atoms with van der Waals surface area (Å²) in [5.41, 5.74) is 0. The number of hydrogen-bond acceptors (Lipinski definition) is 4. The molecule has 0 unspecified atom stereocenters. The van der Waals surface area contributed by atoms with Crippen LogP contribution in [0.4, 0.5) is 0 Å². The largest absolute Gasteiger partial charge is 0.737 e. The van der Waals surface area contributed by atoms with Crippen molar-refractivity contribution in [2.45, 2.75) is 39.7 Å². The van der Waals surface area contributed by atoms with Crippen molar-refractivity contribution < 1.29 is 4.97 Å². The van der Waals surface area contributed by atoms with Gasteiger partial charge in [0.05, 0.1) is 13.1 Å². The predicted molar refractivity (Wildman–Crippen MR) is 59.0 cm³/mol. The van der Waals surface area contributed by atoms with Crippen LogP contribution in [0.15, 0.2) is 5.28 Å². The maximum absolute atomic E-state index is 11.0. The van der Waals surface area contributed by atoms with Gasteiger partial charge < -0.3 is 15.7 Å². The lowest BCUT2D eigenvalue weighted by molar-refractivity contribution is -0.690. The number of rotatable bonds is 8. The number of nitrogens with zero attached hydrogens (tertiary/aromatic N) is 3. The van der Waals surface area contributed by atoms with Gasteiger partial charge in [-0.25, -0.2) is 0 Å². The lowest BCUT2D eigenvalue weighted by atomic mass is 10.3. The molecule has 0 aliphatic heterocycles. The second-order valence-corrected chi connectivity index (χ2v) is 3.75. The van der Waals surface area contributed by atoms with E-state index in [1.807, 2.05) is 6.92 Å². The summed E-state index contributed by atoms with van der Waals surface area (Å²) in [7, 11) is 0. The SMILES string of the molecule is CCCN(CCCNC(C)C)/[N+]([O-])=N/[O-]. The third kappa shape index (κ3) is 6.96. The molecule has 6 heteroatoms. The first-order valence-corrected chi connectivity index (χ1v) is 5.40. The fourth-order valence-corrected chi connectivity index (χ4v) is 1.24. The van der Waals surface area contributed by atoms with Crippen LogP contribution >= 0.6 is 0 Å². The van der Waals surface area contributed by atoms with E-state index in [1.54, 1.807) is 0 Å². The molecule has 1 N–H and O–H groups in total. The van der Waals surface area contributed by atoms with Crippen molar-refractivity contribution in [2.24, 2.45) is 5.28 Å². The molecule has 0 saturated heterocycles. The van der Waals surface area contributed by atoms with Crippen LogP contribution in [0.1, 0.15) is 33.6 Å². The minimum Gasteiger partial charge on any atom is -0.737 e. The van der Waals surface area contributed by atoms with Gasteiger partial charge in [-0.1, -0.05) is 20.8 Å². The van der Waals surface area contributed by atoms with Crippen LogP contribution < -0.4 is 5.32 Å². The molecule has 0 amide bonds. The lowest BCUT2D eigenvalue weighted by Gasteiger charge is -2.19. The van der Waals surface area contributed by atoms with Crippen molar-refractivity contribution in [3.05, 3.63) is 10.4 Å². The van der Waals surface area contributed by atoms with Gasteiger partial charge >= 0.3 is 0 Å². The summed E-state index contributed by atoms with van der Waals surface area (Å²) in [5.74, 6) is 0. The molecular weight excluding hydrogens is 196 g/mol. The molecule has 0 radical (unpaired) electrons. The third-order valence-electron chi connectivity index (χ3n) is 1.94. The molecule has 0 atom stereocenters. The Hall–Kier alpha value is -1.04. The van der Waals surface area contributed by atoms with Crippen LogP contribution in [0.5, 0.6) is 0 Å². The van der Waals surface area contributed by atoms with Gasteiger partial charge in [0.1, 0.15) is 0 Å². The lowest BCUT2D eigenvalue weighted by Crippen LogP contribution is -2.34. The maximum atomic E-state index is 11.0. The Balaban J connectivity index is 3.76. The van der Waals surface area contributed by atoms with E-state index in [9.17, 15) is 10.4 Å². The summed E-state index contributed by atoms with van der Waals surface area (Å²) in [6, 6.07) is 0.442. The van der Waals surface area contributed by atoms with Gasteiger partial charge in [0.25, 0.3) is 0 Å². The van der Waals surface area contributed by atoms with E-state index >= 15 is 0 Å². The van der Waals surface area contributed by atoms with Crippen molar-refractivity contribution in [1.82, 2.24) is 10.3 Å². The number of hydrazine groups is 1. The summed E-state index contributed by atoms with van der Waals surface area (Å²) in [4.78, 5) is 0.138. The molecule has 0 aliphatic rings. The van der Waals surface area contributed by atoms with E-state index in [0.717, 1.165) is 19.4 Å². The van der Waals surface area contributed by atoms with Crippen LogP contribution in [0, 0.1) is 10.4 Å². The van der Waals surface area contributed by atoms with Crippen molar-refractivity contribution in [3.8, 4) is 0 Å². The monoisotopic (exact) mass is 217 g/mol. The molecule has 0 aromatic heterocycles. The standard InChI is InChI=1S/C9H22N4O2/c1-4-7-12(13(15)11-14)8-5-6-10-9(2)3/h9-10,14H,4-8H2,1-3H3/p-1/b13-11-. The molecule has 0 heterocycles. The van der Waals surface area contributed by atoms with E-state index in [2.05, 4.69) is 24.4 Å². The second kappa shape index (κ2) is 8.28. The van der Waals surface area contributed by atoms with Crippen molar-refractivity contribution in [3.63, 3.8) is 0 Å². The molecular formula is C9H21N4O2-. The highest BCUT2D eigenvalue weighted by atomic mass is 16.6. The number of hydrogen-bond donors (Lipinski definition) is 1. The van der Waals surface area contributed by atoms with Crippen LogP contribution in [-0.4, -0.2) is 35.7 Å². The molecule has 0 bridgehead atoms. The first-order valence-electron chi connectivity index (χ1n) is 5.40. The van der Waals surface area contributed by atoms with Crippen molar-refractivity contribution in [1.29, 1.82) is 0 Å². The minimum absolute atomic E-state index is 0.138. The Morgan fingerprint density at radius 1 is 1.40 bits per heavy atom. The van der Waals surface area contributed by atoms with Crippen molar-refractivity contribution in [2.75, 3.05) is 19.6 Å². The third-order valence-corrected chi connectivity index (χ3v) is 1.94. The first kappa shape index (κ1) is 14.0. The fourth-order valence-electron chi connectivity index (χ4n) is 1.24. The topological polar surface area (TPSA) is 76.8 Å². The van der Waals surface area contributed by atoms with E-state index in [1.165, 1.54) is 5.01 Å². The summed E-state index contributed by atoms with van der Waals surface area (Å²) in [5, 5.41) is 28.1. The van der Waals surface area contributed by atoms with Gasteiger partial charge in [0.15, 0.2) is 0 Å². The fraction of sp³-hybridized carbons (Fsp3) is 1.00. The maximum Gasteiger partial charge on any atom is 0.0780 e. The zero-order valence-electron chi connectivity index (χ0n) is 9.77. The van der Waals surface area contributed by atoms with Crippen LogP contribution in [0.25, 0.3) is 0 Å². The van der Waals surface area contributed by atoms with Gasteiger partial charge in [-0.15, -0.1) is 5.01 Å². The van der Waals surface area contributed by atoms with E-state index < -0.39 is 0 Å². The normalized spacial score (nSPS) is 12.1. The van der Waals surface area contributed by atoms with Gasteiger partial charge in [0.2, 0.25) is 0 Å². The quantitative estimate of drug-likeness (QED) is 0.289. The second-order valence-electron chi connectivity index (χ2n) is 3.75. The molecule has 0 saturated carbocycles. The highest BCUT2D eigenvalue weighted by Crippen LogP contribution is 1.95. The summed E-state index contributed by atoms with van der Waals surface area (Å²) in [6.07, 6.45) is 1.65. The molecule has 0 aliphatic carbocycles. The average molecular weight is 217 g/mol. The minimum atomic E-state index is 0.138. The molecule has 0 spiro atoms. The van der Waals surface area contributed by atoms with E-state index in [-0.39, 0.29) is 4.97 Å². The molecule has 0 rings (SSSR count). The van der Waals surface area contributed by atoms with Gasteiger partial charge in [-0.3, -0.25) is 0 Å². The van der Waals surface area contributed by atoms with Gasteiger partial charge in [-0.2, -0.15) is 0 Å². The zero-order chi connectivity index (χ0) is 11.7. The Kier molecular flexibility index (Phi) is 7.71.